The number of anilines is 1. The van der Waals surface area contributed by atoms with Crippen molar-refractivity contribution in [3.63, 3.8) is 0 Å². The standard InChI is InChI=1S/C22H36N2O3/c1-5-16-27-22(4,6-2)21(25)23-19-7-9-20(10-8-19)26-17-15-24-13-11-18(3)12-14-24/h7-10,18H,5-6,11-17H2,1-4H3,(H,23,25). The van der Waals surface area contributed by atoms with Crippen LogP contribution in [0.25, 0.3) is 0 Å². The van der Waals surface area contributed by atoms with Gasteiger partial charge in [-0.25, -0.2) is 0 Å². The van der Waals surface area contributed by atoms with E-state index in [1.54, 1.807) is 0 Å². The van der Waals surface area contributed by atoms with Crippen LogP contribution in [0.1, 0.15) is 53.4 Å². The third-order valence-electron chi connectivity index (χ3n) is 5.44. The van der Waals surface area contributed by atoms with Crippen LogP contribution in [0.3, 0.4) is 0 Å². The summed E-state index contributed by atoms with van der Waals surface area (Å²) in [6.45, 7) is 12.8. The molecule has 1 heterocycles. The van der Waals surface area contributed by atoms with E-state index in [0.717, 1.165) is 30.3 Å². The minimum absolute atomic E-state index is 0.105. The van der Waals surface area contributed by atoms with Crippen molar-refractivity contribution in [1.29, 1.82) is 0 Å². The number of piperidine rings is 1. The second-order valence-corrected chi connectivity index (χ2v) is 7.78. The summed E-state index contributed by atoms with van der Waals surface area (Å²) in [6.07, 6.45) is 4.10. The van der Waals surface area contributed by atoms with Gasteiger partial charge in [0, 0.05) is 18.8 Å². The maximum Gasteiger partial charge on any atom is 0.256 e. The van der Waals surface area contributed by atoms with E-state index in [-0.39, 0.29) is 5.91 Å². The molecule has 0 radical (unpaired) electrons. The van der Waals surface area contributed by atoms with Crippen molar-refractivity contribution >= 4 is 11.6 Å². The highest BCUT2D eigenvalue weighted by molar-refractivity contribution is 5.97. The Balaban J connectivity index is 1.78. The van der Waals surface area contributed by atoms with Gasteiger partial charge in [0.1, 0.15) is 18.0 Å². The number of benzene rings is 1. The van der Waals surface area contributed by atoms with Gasteiger partial charge in [-0.2, -0.15) is 0 Å². The first-order chi connectivity index (χ1) is 13.0. The maximum absolute atomic E-state index is 12.6. The normalized spacial score (nSPS) is 18.1. The summed E-state index contributed by atoms with van der Waals surface area (Å²) in [5, 5.41) is 2.95. The lowest BCUT2D eigenvalue weighted by molar-refractivity contribution is -0.139. The van der Waals surface area contributed by atoms with Gasteiger partial charge in [0.25, 0.3) is 5.91 Å². The molecule has 1 atom stereocenters. The molecule has 0 saturated carbocycles. The lowest BCUT2D eigenvalue weighted by Crippen LogP contribution is -2.42. The zero-order chi connectivity index (χ0) is 19.7. The van der Waals surface area contributed by atoms with Gasteiger partial charge in [0.15, 0.2) is 0 Å². The van der Waals surface area contributed by atoms with Gasteiger partial charge in [0.2, 0.25) is 0 Å². The molecule has 0 spiro atoms. The number of nitrogens with zero attached hydrogens (tertiary/aromatic N) is 1. The van der Waals surface area contributed by atoms with Crippen LogP contribution in [0, 0.1) is 5.92 Å². The molecule has 27 heavy (non-hydrogen) atoms. The monoisotopic (exact) mass is 376 g/mol. The van der Waals surface area contributed by atoms with Crippen molar-refractivity contribution in [2.24, 2.45) is 5.92 Å². The second kappa shape index (κ2) is 10.7. The third-order valence-corrected chi connectivity index (χ3v) is 5.44. The molecule has 1 amide bonds. The Morgan fingerprint density at radius 1 is 1.19 bits per heavy atom. The zero-order valence-electron chi connectivity index (χ0n) is 17.4. The van der Waals surface area contributed by atoms with Crippen LogP contribution < -0.4 is 10.1 Å². The molecule has 1 unspecified atom stereocenters. The molecule has 152 valence electrons. The van der Waals surface area contributed by atoms with Gasteiger partial charge in [-0.15, -0.1) is 0 Å². The number of hydrogen-bond donors (Lipinski definition) is 1. The minimum Gasteiger partial charge on any atom is -0.492 e. The largest absolute Gasteiger partial charge is 0.492 e. The van der Waals surface area contributed by atoms with Gasteiger partial charge >= 0.3 is 0 Å². The van der Waals surface area contributed by atoms with Crippen molar-refractivity contribution in [3.05, 3.63) is 24.3 Å². The number of likely N-dealkylation sites (tertiary alicyclic amines) is 1. The Morgan fingerprint density at radius 2 is 1.85 bits per heavy atom. The molecule has 1 N–H and O–H groups in total. The number of rotatable bonds is 10. The van der Waals surface area contributed by atoms with Crippen LogP contribution in [0.2, 0.25) is 0 Å². The maximum atomic E-state index is 12.6. The summed E-state index contributed by atoms with van der Waals surface area (Å²) in [5.74, 6) is 1.58. The van der Waals surface area contributed by atoms with E-state index in [1.807, 2.05) is 45.0 Å². The molecular formula is C22H36N2O3. The summed E-state index contributed by atoms with van der Waals surface area (Å²) >= 11 is 0. The number of hydrogen-bond acceptors (Lipinski definition) is 4. The summed E-state index contributed by atoms with van der Waals surface area (Å²) in [5.41, 5.74) is -0.0333. The third kappa shape index (κ3) is 6.82. The average Bonchev–Trinajstić information content (AvgIpc) is 2.69. The van der Waals surface area contributed by atoms with Gasteiger partial charge < -0.3 is 14.8 Å². The molecule has 1 aromatic rings. The molecule has 0 aromatic heterocycles. The fraction of sp³-hybridized carbons (Fsp3) is 0.682. The van der Waals surface area contributed by atoms with E-state index in [9.17, 15) is 4.79 Å². The molecule has 1 saturated heterocycles. The van der Waals surface area contributed by atoms with Gasteiger partial charge in [0.05, 0.1) is 0 Å². The number of carbonyl (C=O) groups excluding carboxylic acids is 1. The van der Waals surface area contributed by atoms with Crippen LogP contribution in [0.15, 0.2) is 24.3 Å². The molecule has 1 fully saturated rings. The van der Waals surface area contributed by atoms with Crippen LogP contribution >= 0.6 is 0 Å². The average molecular weight is 377 g/mol. The molecule has 0 bridgehead atoms. The molecular weight excluding hydrogens is 340 g/mol. The lowest BCUT2D eigenvalue weighted by Gasteiger charge is -2.29. The first-order valence-electron chi connectivity index (χ1n) is 10.4. The van der Waals surface area contributed by atoms with Crippen LogP contribution in [-0.4, -0.2) is 49.3 Å². The molecule has 0 aliphatic carbocycles. The molecule has 2 rings (SSSR count). The predicted octanol–water partition coefficient (Wildman–Crippen LogP) is 4.33. The molecule has 5 nitrogen and oxygen atoms in total. The number of nitrogens with one attached hydrogen (secondary N) is 1. The Bertz CT molecular complexity index is 567. The van der Waals surface area contributed by atoms with Crippen LogP contribution in [0.5, 0.6) is 5.75 Å². The lowest BCUT2D eigenvalue weighted by atomic mass is 9.99. The fourth-order valence-electron chi connectivity index (χ4n) is 3.13. The van der Waals surface area contributed by atoms with Crippen molar-refractivity contribution in [2.45, 2.75) is 59.0 Å². The van der Waals surface area contributed by atoms with Crippen molar-refractivity contribution in [2.75, 3.05) is 38.2 Å². The van der Waals surface area contributed by atoms with Gasteiger partial charge in [-0.3, -0.25) is 9.69 Å². The van der Waals surface area contributed by atoms with Crippen LogP contribution in [0.4, 0.5) is 5.69 Å². The van der Waals surface area contributed by atoms with Gasteiger partial charge in [-0.05, 0) is 75.9 Å². The first-order valence-corrected chi connectivity index (χ1v) is 10.4. The van der Waals surface area contributed by atoms with Crippen molar-refractivity contribution < 1.29 is 14.3 Å². The number of ether oxygens (including phenoxy) is 2. The van der Waals surface area contributed by atoms with E-state index in [0.29, 0.717) is 19.6 Å². The first kappa shape index (κ1) is 21.7. The molecule has 1 aromatic carbocycles. The second-order valence-electron chi connectivity index (χ2n) is 7.78. The minimum atomic E-state index is -0.795. The van der Waals surface area contributed by atoms with Crippen LogP contribution in [-0.2, 0) is 9.53 Å². The SMILES string of the molecule is CCCOC(C)(CC)C(=O)Nc1ccc(OCCN2CCC(C)CC2)cc1. The predicted molar refractivity (Wildman–Crippen MR) is 110 cm³/mol. The molecule has 1 aliphatic rings. The smallest absolute Gasteiger partial charge is 0.256 e. The van der Waals surface area contributed by atoms with E-state index < -0.39 is 5.60 Å². The highest BCUT2D eigenvalue weighted by Crippen LogP contribution is 2.21. The van der Waals surface area contributed by atoms with E-state index in [4.69, 9.17) is 9.47 Å². The quantitative estimate of drug-likeness (QED) is 0.660. The number of carbonyl (C=O) groups is 1. The highest BCUT2D eigenvalue weighted by atomic mass is 16.5. The Labute approximate surface area is 164 Å². The van der Waals surface area contributed by atoms with E-state index in [1.165, 1.54) is 25.9 Å². The summed E-state index contributed by atoms with van der Waals surface area (Å²) in [7, 11) is 0. The zero-order valence-corrected chi connectivity index (χ0v) is 17.4. The van der Waals surface area contributed by atoms with Crippen molar-refractivity contribution in [3.8, 4) is 5.75 Å². The molecule has 5 heteroatoms. The summed E-state index contributed by atoms with van der Waals surface area (Å²) < 4.78 is 11.6. The molecule has 1 aliphatic heterocycles. The Kier molecular flexibility index (Phi) is 8.58. The summed E-state index contributed by atoms with van der Waals surface area (Å²) in [4.78, 5) is 15.0. The fourth-order valence-corrected chi connectivity index (χ4v) is 3.13. The Hall–Kier alpha value is -1.59. The van der Waals surface area contributed by atoms with E-state index in [2.05, 4.69) is 17.1 Å². The summed E-state index contributed by atoms with van der Waals surface area (Å²) in [6, 6.07) is 7.57. The Morgan fingerprint density at radius 3 is 2.44 bits per heavy atom. The topological polar surface area (TPSA) is 50.8 Å². The van der Waals surface area contributed by atoms with Crippen molar-refractivity contribution in [1.82, 2.24) is 4.90 Å². The highest BCUT2D eigenvalue weighted by Gasteiger charge is 2.32. The number of amides is 1. The van der Waals surface area contributed by atoms with E-state index >= 15 is 0 Å². The van der Waals surface area contributed by atoms with Gasteiger partial charge in [-0.1, -0.05) is 20.8 Å².